The standard InChI is InChI=1S/C10H12O.C2H6/c1-11-9-5-8-10-6-3-2-4-7-10;1-2/h2-8H,9H2,1H3;1-2H3/b8-5+;. The molecule has 1 rings (SSSR count). The Balaban J connectivity index is 0.000000671. The van der Waals surface area contributed by atoms with Crippen LogP contribution in [-0.2, 0) is 4.74 Å². The zero-order chi connectivity index (χ0) is 9.94. The van der Waals surface area contributed by atoms with Gasteiger partial charge in [0.25, 0.3) is 0 Å². The molecule has 0 saturated carbocycles. The Hall–Kier alpha value is -1.08. The highest BCUT2D eigenvalue weighted by molar-refractivity contribution is 5.48. The molecule has 0 spiro atoms. The predicted molar refractivity (Wildman–Crippen MR) is 58.7 cm³/mol. The summed E-state index contributed by atoms with van der Waals surface area (Å²) in [5, 5.41) is 0. The summed E-state index contributed by atoms with van der Waals surface area (Å²) < 4.78 is 4.88. The lowest BCUT2D eigenvalue weighted by atomic mass is 10.2. The van der Waals surface area contributed by atoms with Gasteiger partial charge >= 0.3 is 0 Å². The van der Waals surface area contributed by atoms with E-state index in [1.807, 2.05) is 44.2 Å². The number of ether oxygens (including phenoxy) is 1. The molecule has 0 bridgehead atoms. The fourth-order valence-electron chi connectivity index (χ4n) is 0.845. The molecule has 0 radical (unpaired) electrons. The Morgan fingerprint density at radius 2 is 1.77 bits per heavy atom. The summed E-state index contributed by atoms with van der Waals surface area (Å²) in [5.41, 5.74) is 1.21. The van der Waals surface area contributed by atoms with Crippen LogP contribution in [0.2, 0.25) is 0 Å². The number of hydrogen-bond acceptors (Lipinski definition) is 1. The first-order valence-corrected chi connectivity index (χ1v) is 4.64. The maximum Gasteiger partial charge on any atom is 0.0646 e. The maximum atomic E-state index is 4.88. The normalized spacial score (nSPS) is 9.46. The molecule has 0 aliphatic carbocycles. The largest absolute Gasteiger partial charge is 0.381 e. The number of benzene rings is 1. The Kier molecular flexibility index (Phi) is 8.26. The third-order valence-corrected chi connectivity index (χ3v) is 1.37. The average Bonchev–Trinajstić information content (AvgIpc) is 2.23. The molecule has 0 aliphatic heterocycles. The Morgan fingerprint density at radius 3 is 2.31 bits per heavy atom. The van der Waals surface area contributed by atoms with Gasteiger partial charge in [0, 0.05) is 7.11 Å². The first-order chi connectivity index (χ1) is 6.43. The van der Waals surface area contributed by atoms with E-state index in [1.54, 1.807) is 7.11 Å². The van der Waals surface area contributed by atoms with Crippen molar-refractivity contribution in [1.29, 1.82) is 0 Å². The summed E-state index contributed by atoms with van der Waals surface area (Å²) in [4.78, 5) is 0. The van der Waals surface area contributed by atoms with Crippen LogP contribution < -0.4 is 0 Å². The summed E-state index contributed by atoms with van der Waals surface area (Å²) in [5.74, 6) is 0. The zero-order valence-corrected chi connectivity index (χ0v) is 8.66. The van der Waals surface area contributed by atoms with Crippen LogP contribution in [0.15, 0.2) is 36.4 Å². The van der Waals surface area contributed by atoms with E-state index in [2.05, 4.69) is 12.1 Å². The topological polar surface area (TPSA) is 9.23 Å². The molecular formula is C12H18O. The lowest BCUT2D eigenvalue weighted by molar-refractivity contribution is 0.234. The van der Waals surface area contributed by atoms with Crippen molar-refractivity contribution in [3.05, 3.63) is 42.0 Å². The van der Waals surface area contributed by atoms with E-state index in [0.29, 0.717) is 6.61 Å². The molecule has 0 N–H and O–H groups in total. The van der Waals surface area contributed by atoms with Gasteiger partial charge in [-0.2, -0.15) is 0 Å². The van der Waals surface area contributed by atoms with Gasteiger partial charge in [0.15, 0.2) is 0 Å². The molecule has 1 heteroatoms. The first-order valence-electron chi connectivity index (χ1n) is 4.64. The second-order valence-electron chi connectivity index (χ2n) is 2.27. The minimum absolute atomic E-state index is 0.675. The molecule has 0 amide bonds. The van der Waals surface area contributed by atoms with Crippen molar-refractivity contribution in [2.75, 3.05) is 13.7 Å². The molecule has 0 fully saturated rings. The molecule has 0 saturated heterocycles. The Labute approximate surface area is 81.1 Å². The molecule has 1 aromatic carbocycles. The molecule has 0 unspecified atom stereocenters. The molecule has 1 aromatic rings. The van der Waals surface area contributed by atoms with E-state index in [4.69, 9.17) is 4.74 Å². The Morgan fingerprint density at radius 1 is 1.15 bits per heavy atom. The summed E-state index contributed by atoms with van der Waals surface area (Å²) in [6.07, 6.45) is 4.04. The SMILES string of the molecule is CC.COC/C=C/c1ccccc1. The van der Waals surface area contributed by atoms with Crippen LogP contribution in [0, 0.1) is 0 Å². The van der Waals surface area contributed by atoms with Gasteiger partial charge in [-0.3, -0.25) is 0 Å². The maximum absolute atomic E-state index is 4.88. The average molecular weight is 178 g/mol. The van der Waals surface area contributed by atoms with Crippen LogP contribution in [0.3, 0.4) is 0 Å². The van der Waals surface area contributed by atoms with E-state index < -0.39 is 0 Å². The van der Waals surface area contributed by atoms with Gasteiger partial charge in [-0.1, -0.05) is 56.3 Å². The fraction of sp³-hybridized carbons (Fsp3) is 0.333. The minimum atomic E-state index is 0.675. The summed E-state index contributed by atoms with van der Waals surface area (Å²) in [7, 11) is 1.69. The molecule has 13 heavy (non-hydrogen) atoms. The van der Waals surface area contributed by atoms with Gasteiger partial charge < -0.3 is 4.74 Å². The second-order valence-corrected chi connectivity index (χ2v) is 2.27. The van der Waals surface area contributed by atoms with Crippen LogP contribution in [0.25, 0.3) is 6.08 Å². The lowest BCUT2D eigenvalue weighted by Gasteiger charge is -1.90. The summed E-state index contributed by atoms with van der Waals surface area (Å²) in [6, 6.07) is 10.2. The number of methoxy groups -OCH3 is 1. The van der Waals surface area contributed by atoms with E-state index in [0.717, 1.165) is 0 Å². The molecule has 0 heterocycles. The van der Waals surface area contributed by atoms with Crippen molar-refractivity contribution in [2.45, 2.75) is 13.8 Å². The molecule has 1 nitrogen and oxygen atoms in total. The highest BCUT2D eigenvalue weighted by Crippen LogP contribution is 1.99. The molecule has 0 aliphatic rings. The van der Waals surface area contributed by atoms with Crippen molar-refractivity contribution in [2.24, 2.45) is 0 Å². The zero-order valence-electron chi connectivity index (χ0n) is 8.66. The van der Waals surface area contributed by atoms with E-state index in [9.17, 15) is 0 Å². The highest BCUT2D eigenvalue weighted by Gasteiger charge is 1.80. The predicted octanol–water partition coefficient (Wildman–Crippen LogP) is 3.37. The van der Waals surface area contributed by atoms with Crippen LogP contribution in [0.5, 0.6) is 0 Å². The molecule has 0 atom stereocenters. The van der Waals surface area contributed by atoms with Gasteiger partial charge in [0.1, 0.15) is 0 Å². The minimum Gasteiger partial charge on any atom is -0.381 e. The molecular weight excluding hydrogens is 160 g/mol. The van der Waals surface area contributed by atoms with Crippen molar-refractivity contribution >= 4 is 6.08 Å². The lowest BCUT2D eigenvalue weighted by Crippen LogP contribution is -1.79. The molecule has 0 aromatic heterocycles. The van der Waals surface area contributed by atoms with Crippen molar-refractivity contribution in [3.63, 3.8) is 0 Å². The number of rotatable bonds is 3. The monoisotopic (exact) mass is 178 g/mol. The van der Waals surface area contributed by atoms with Crippen molar-refractivity contribution in [1.82, 2.24) is 0 Å². The van der Waals surface area contributed by atoms with E-state index >= 15 is 0 Å². The van der Waals surface area contributed by atoms with Gasteiger partial charge in [-0.05, 0) is 5.56 Å². The summed E-state index contributed by atoms with van der Waals surface area (Å²) >= 11 is 0. The quantitative estimate of drug-likeness (QED) is 0.689. The van der Waals surface area contributed by atoms with Crippen LogP contribution in [-0.4, -0.2) is 13.7 Å². The van der Waals surface area contributed by atoms with Gasteiger partial charge in [-0.25, -0.2) is 0 Å². The van der Waals surface area contributed by atoms with E-state index in [-0.39, 0.29) is 0 Å². The first kappa shape index (κ1) is 11.9. The second kappa shape index (κ2) is 9.01. The Bertz CT molecular complexity index is 214. The third-order valence-electron chi connectivity index (χ3n) is 1.37. The smallest absolute Gasteiger partial charge is 0.0646 e. The fourth-order valence-corrected chi connectivity index (χ4v) is 0.845. The van der Waals surface area contributed by atoms with Crippen LogP contribution >= 0.6 is 0 Å². The van der Waals surface area contributed by atoms with Crippen LogP contribution in [0.4, 0.5) is 0 Å². The molecule has 72 valence electrons. The number of hydrogen-bond donors (Lipinski definition) is 0. The van der Waals surface area contributed by atoms with Gasteiger partial charge in [-0.15, -0.1) is 0 Å². The van der Waals surface area contributed by atoms with E-state index in [1.165, 1.54) is 5.56 Å². The van der Waals surface area contributed by atoms with Crippen molar-refractivity contribution in [3.8, 4) is 0 Å². The highest BCUT2D eigenvalue weighted by atomic mass is 16.5. The van der Waals surface area contributed by atoms with Gasteiger partial charge in [0.05, 0.1) is 6.61 Å². The van der Waals surface area contributed by atoms with Crippen LogP contribution in [0.1, 0.15) is 19.4 Å². The van der Waals surface area contributed by atoms with Crippen molar-refractivity contribution < 1.29 is 4.74 Å². The summed E-state index contributed by atoms with van der Waals surface area (Å²) in [6.45, 7) is 4.68. The third kappa shape index (κ3) is 6.12. The van der Waals surface area contributed by atoms with Gasteiger partial charge in [0.2, 0.25) is 0 Å².